The van der Waals surface area contributed by atoms with Crippen LogP contribution in [0.25, 0.3) is 0 Å². The lowest BCUT2D eigenvalue weighted by molar-refractivity contribution is 0.290. The SMILES string of the molecule is CCCCCCCOc1nc(CC)nc(NCC)c1C. The molecule has 0 fully saturated rings. The monoisotopic (exact) mass is 279 g/mol. The summed E-state index contributed by atoms with van der Waals surface area (Å²) in [4.78, 5) is 9.00. The van der Waals surface area contributed by atoms with Crippen molar-refractivity contribution in [1.82, 2.24) is 9.97 Å². The van der Waals surface area contributed by atoms with Gasteiger partial charge >= 0.3 is 0 Å². The second-order valence-corrected chi connectivity index (χ2v) is 5.07. The molecule has 0 saturated heterocycles. The van der Waals surface area contributed by atoms with E-state index >= 15 is 0 Å². The van der Waals surface area contributed by atoms with Crippen molar-refractivity contribution in [3.8, 4) is 5.88 Å². The fraction of sp³-hybridized carbons (Fsp3) is 0.750. The van der Waals surface area contributed by atoms with Crippen LogP contribution < -0.4 is 10.1 Å². The van der Waals surface area contributed by atoms with Crippen molar-refractivity contribution in [3.05, 3.63) is 11.4 Å². The second kappa shape index (κ2) is 9.56. The highest BCUT2D eigenvalue weighted by atomic mass is 16.5. The first-order valence-electron chi connectivity index (χ1n) is 7.97. The van der Waals surface area contributed by atoms with Crippen molar-refractivity contribution in [2.24, 2.45) is 0 Å². The van der Waals surface area contributed by atoms with Crippen LogP contribution in [-0.4, -0.2) is 23.1 Å². The lowest BCUT2D eigenvalue weighted by Crippen LogP contribution is -2.09. The number of aromatic nitrogens is 2. The number of unbranched alkanes of at least 4 members (excludes halogenated alkanes) is 4. The van der Waals surface area contributed by atoms with Crippen molar-refractivity contribution in [1.29, 1.82) is 0 Å². The van der Waals surface area contributed by atoms with E-state index in [9.17, 15) is 0 Å². The van der Waals surface area contributed by atoms with Crippen molar-refractivity contribution >= 4 is 5.82 Å². The largest absolute Gasteiger partial charge is 0.477 e. The molecule has 0 saturated carbocycles. The second-order valence-electron chi connectivity index (χ2n) is 5.07. The van der Waals surface area contributed by atoms with Crippen molar-refractivity contribution < 1.29 is 4.74 Å². The number of hydrogen-bond acceptors (Lipinski definition) is 4. The maximum Gasteiger partial charge on any atom is 0.221 e. The molecule has 1 aromatic heterocycles. The van der Waals surface area contributed by atoms with E-state index in [4.69, 9.17) is 4.74 Å². The molecule has 4 heteroatoms. The zero-order valence-electron chi connectivity index (χ0n) is 13.5. The molecule has 1 heterocycles. The highest BCUT2D eigenvalue weighted by molar-refractivity contribution is 5.48. The Morgan fingerprint density at radius 2 is 1.75 bits per heavy atom. The van der Waals surface area contributed by atoms with Crippen LogP contribution in [0.1, 0.15) is 64.3 Å². The van der Waals surface area contributed by atoms with Crippen LogP contribution in [0.15, 0.2) is 0 Å². The standard InChI is InChI=1S/C16H29N3O/c1-5-8-9-10-11-12-20-16-13(4)15(17-7-3)18-14(6-2)19-16/h5-12H2,1-4H3,(H,17,18,19). The van der Waals surface area contributed by atoms with Gasteiger partial charge in [-0.25, -0.2) is 4.98 Å². The molecule has 1 aromatic rings. The van der Waals surface area contributed by atoms with Gasteiger partial charge in [0.15, 0.2) is 0 Å². The molecule has 0 aliphatic carbocycles. The summed E-state index contributed by atoms with van der Waals surface area (Å²) in [6, 6.07) is 0. The van der Waals surface area contributed by atoms with Crippen molar-refractivity contribution in [3.63, 3.8) is 0 Å². The first-order valence-corrected chi connectivity index (χ1v) is 7.97. The predicted molar refractivity (Wildman–Crippen MR) is 84.6 cm³/mol. The molecule has 4 nitrogen and oxygen atoms in total. The molecule has 1 N–H and O–H groups in total. The van der Waals surface area contributed by atoms with E-state index in [-0.39, 0.29) is 0 Å². The first-order chi connectivity index (χ1) is 9.72. The average molecular weight is 279 g/mol. The average Bonchev–Trinajstić information content (AvgIpc) is 2.46. The summed E-state index contributed by atoms with van der Waals surface area (Å²) in [7, 11) is 0. The van der Waals surface area contributed by atoms with Crippen LogP contribution in [0.4, 0.5) is 5.82 Å². The molecule has 114 valence electrons. The van der Waals surface area contributed by atoms with Crippen LogP contribution in [0.2, 0.25) is 0 Å². The zero-order chi connectivity index (χ0) is 14.8. The van der Waals surface area contributed by atoms with E-state index in [1.165, 1.54) is 25.7 Å². The summed E-state index contributed by atoms with van der Waals surface area (Å²) >= 11 is 0. The van der Waals surface area contributed by atoms with E-state index in [1.807, 2.05) is 6.92 Å². The van der Waals surface area contributed by atoms with Crippen LogP contribution >= 0.6 is 0 Å². The summed E-state index contributed by atoms with van der Waals surface area (Å²) in [5.74, 6) is 2.48. The van der Waals surface area contributed by atoms with Crippen molar-refractivity contribution in [2.75, 3.05) is 18.5 Å². The minimum absolute atomic E-state index is 0.739. The third-order valence-corrected chi connectivity index (χ3v) is 3.29. The van der Waals surface area contributed by atoms with Gasteiger partial charge in [0.2, 0.25) is 5.88 Å². The fourth-order valence-electron chi connectivity index (χ4n) is 2.05. The first kappa shape index (κ1) is 16.7. The maximum absolute atomic E-state index is 5.86. The normalized spacial score (nSPS) is 10.6. The third kappa shape index (κ3) is 5.35. The number of hydrogen-bond donors (Lipinski definition) is 1. The molecule has 0 aliphatic rings. The lowest BCUT2D eigenvalue weighted by atomic mass is 10.2. The Balaban J connectivity index is 2.57. The molecular formula is C16H29N3O. The minimum Gasteiger partial charge on any atom is -0.477 e. The Morgan fingerprint density at radius 1 is 1.00 bits per heavy atom. The Hall–Kier alpha value is -1.32. The van der Waals surface area contributed by atoms with Gasteiger partial charge in [-0.15, -0.1) is 0 Å². The maximum atomic E-state index is 5.86. The molecule has 0 aliphatic heterocycles. The van der Waals surface area contributed by atoms with Gasteiger partial charge in [0.25, 0.3) is 0 Å². The summed E-state index contributed by atoms with van der Waals surface area (Å²) in [6.45, 7) is 9.99. The van der Waals surface area contributed by atoms with Crippen LogP contribution in [0.5, 0.6) is 5.88 Å². The fourth-order valence-corrected chi connectivity index (χ4v) is 2.05. The number of rotatable bonds is 10. The van der Waals surface area contributed by atoms with Gasteiger partial charge in [-0.3, -0.25) is 0 Å². The minimum atomic E-state index is 0.739. The van der Waals surface area contributed by atoms with E-state index in [1.54, 1.807) is 0 Å². The van der Waals surface area contributed by atoms with E-state index in [2.05, 4.69) is 36.1 Å². The summed E-state index contributed by atoms with van der Waals surface area (Å²) in [5, 5.41) is 3.28. The Bertz CT molecular complexity index is 394. The molecule has 0 bridgehead atoms. The van der Waals surface area contributed by atoms with Crippen LogP contribution in [0.3, 0.4) is 0 Å². The zero-order valence-corrected chi connectivity index (χ0v) is 13.5. The molecule has 0 radical (unpaired) electrons. The smallest absolute Gasteiger partial charge is 0.221 e. The number of aryl methyl sites for hydroxylation is 1. The summed E-state index contributed by atoms with van der Waals surface area (Å²) < 4.78 is 5.86. The van der Waals surface area contributed by atoms with E-state index in [0.717, 1.165) is 49.1 Å². The van der Waals surface area contributed by atoms with Gasteiger partial charge in [0.05, 0.1) is 12.2 Å². The molecule has 20 heavy (non-hydrogen) atoms. The molecule has 0 amide bonds. The third-order valence-electron chi connectivity index (χ3n) is 3.29. The van der Waals surface area contributed by atoms with Gasteiger partial charge < -0.3 is 10.1 Å². The van der Waals surface area contributed by atoms with Crippen LogP contribution in [0, 0.1) is 6.92 Å². The number of nitrogens with one attached hydrogen (secondary N) is 1. The van der Waals surface area contributed by atoms with E-state index < -0.39 is 0 Å². The summed E-state index contributed by atoms with van der Waals surface area (Å²) in [6.07, 6.45) is 7.05. The molecule has 0 spiro atoms. The topological polar surface area (TPSA) is 47.0 Å². The Morgan fingerprint density at radius 3 is 2.40 bits per heavy atom. The number of ether oxygens (including phenoxy) is 1. The van der Waals surface area contributed by atoms with E-state index in [0.29, 0.717) is 0 Å². The van der Waals surface area contributed by atoms with Gasteiger partial charge in [-0.05, 0) is 20.3 Å². The molecule has 0 unspecified atom stereocenters. The Labute approximate surface area is 123 Å². The van der Waals surface area contributed by atoms with Gasteiger partial charge in [-0.1, -0.05) is 39.5 Å². The molecular weight excluding hydrogens is 250 g/mol. The molecule has 1 rings (SSSR count). The molecule has 0 aromatic carbocycles. The lowest BCUT2D eigenvalue weighted by Gasteiger charge is -2.13. The van der Waals surface area contributed by atoms with Crippen LogP contribution in [-0.2, 0) is 6.42 Å². The molecule has 0 atom stereocenters. The number of anilines is 1. The van der Waals surface area contributed by atoms with Crippen molar-refractivity contribution in [2.45, 2.75) is 66.2 Å². The quantitative estimate of drug-likeness (QED) is 0.654. The number of nitrogens with zero attached hydrogens (tertiary/aromatic N) is 2. The van der Waals surface area contributed by atoms with Gasteiger partial charge in [0, 0.05) is 13.0 Å². The van der Waals surface area contributed by atoms with Gasteiger partial charge in [0.1, 0.15) is 11.6 Å². The highest BCUT2D eigenvalue weighted by Gasteiger charge is 2.10. The Kier molecular flexibility index (Phi) is 8.00. The van der Waals surface area contributed by atoms with Gasteiger partial charge in [-0.2, -0.15) is 4.98 Å². The predicted octanol–water partition coefficient (Wildman–Crippen LogP) is 4.13. The summed E-state index contributed by atoms with van der Waals surface area (Å²) in [5.41, 5.74) is 1.01. The highest BCUT2D eigenvalue weighted by Crippen LogP contribution is 2.22.